The predicted molar refractivity (Wildman–Crippen MR) is 63.0 cm³/mol. The molecule has 1 heterocycles. The normalized spacial score (nSPS) is 23.8. The van der Waals surface area contributed by atoms with Gasteiger partial charge in [0.15, 0.2) is 0 Å². The van der Waals surface area contributed by atoms with Gasteiger partial charge < -0.3 is 0 Å². The Kier molecular flexibility index (Phi) is 4.53. The summed E-state index contributed by atoms with van der Waals surface area (Å²) >= 11 is 0. The van der Waals surface area contributed by atoms with Crippen molar-refractivity contribution < 1.29 is 4.39 Å². The molecular weight excluding hydrogens is 191 g/mol. The van der Waals surface area contributed by atoms with Crippen molar-refractivity contribution in [2.45, 2.75) is 45.8 Å². The molecule has 0 amide bonds. The van der Waals surface area contributed by atoms with Crippen molar-refractivity contribution in [3.63, 3.8) is 0 Å². The molecule has 0 bridgehead atoms. The van der Waals surface area contributed by atoms with Crippen molar-refractivity contribution in [3.8, 4) is 0 Å². The molecule has 15 heavy (non-hydrogen) atoms. The molecule has 0 aliphatic carbocycles. The van der Waals surface area contributed by atoms with Crippen molar-refractivity contribution in [3.05, 3.63) is 0 Å². The van der Waals surface area contributed by atoms with Crippen molar-refractivity contribution in [2.24, 2.45) is 0 Å². The fourth-order valence-electron chi connectivity index (χ4n) is 2.18. The number of rotatable bonds is 2. The lowest BCUT2D eigenvalue weighted by Crippen LogP contribution is -2.43. The van der Waals surface area contributed by atoms with Gasteiger partial charge in [-0.3, -0.25) is 9.80 Å². The van der Waals surface area contributed by atoms with Crippen LogP contribution in [0.3, 0.4) is 0 Å². The second-order valence-corrected chi connectivity index (χ2v) is 5.59. The van der Waals surface area contributed by atoms with E-state index in [0.29, 0.717) is 6.54 Å². The first-order valence-electron chi connectivity index (χ1n) is 6.01. The summed E-state index contributed by atoms with van der Waals surface area (Å²) < 4.78 is 12.9. The summed E-state index contributed by atoms with van der Waals surface area (Å²) in [6.07, 6.45) is 0.454. The third kappa shape index (κ3) is 4.47. The summed E-state index contributed by atoms with van der Waals surface area (Å²) in [4.78, 5) is 4.74. The van der Waals surface area contributed by atoms with Gasteiger partial charge in [0, 0.05) is 25.2 Å². The molecule has 0 aromatic rings. The van der Waals surface area contributed by atoms with Crippen LogP contribution in [0, 0.1) is 0 Å². The molecule has 0 N–H and O–H groups in total. The van der Waals surface area contributed by atoms with E-state index in [1.807, 2.05) is 0 Å². The third-order valence-corrected chi connectivity index (χ3v) is 3.05. The van der Waals surface area contributed by atoms with Crippen LogP contribution in [0.5, 0.6) is 0 Å². The van der Waals surface area contributed by atoms with E-state index in [2.05, 4.69) is 30.6 Å². The fourth-order valence-corrected chi connectivity index (χ4v) is 2.18. The van der Waals surface area contributed by atoms with Gasteiger partial charge in [-0.05, 0) is 47.2 Å². The Labute approximate surface area is 93.4 Å². The lowest BCUT2D eigenvalue weighted by atomic mass is 10.1. The van der Waals surface area contributed by atoms with Gasteiger partial charge in [-0.1, -0.05) is 0 Å². The second kappa shape index (κ2) is 5.26. The summed E-state index contributed by atoms with van der Waals surface area (Å²) in [6, 6.07) is 0. The number of nitrogens with zero attached hydrogens (tertiary/aromatic N) is 2. The summed E-state index contributed by atoms with van der Waals surface area (Å²) in [5, 5.41) is 0. The van der Waals surface area contributed by atoms with E-state index in [1.54, 1.807) is 6.92 Å². The first-order valence-corrected chi connectivity index (χ1v) is 6.01. The van der Waals surface area contributed by atoms with Gasteiger partial charge in [-0.15, -0.1) is 0 Å². The highest BCUT2D eigenvalue weighted by atomic mass is 19.1. The van der Waals surface area contributed by atoms with E-state index in [-0.39, 0.29) is 5.54 Å². The van der Waals surface area contributed by atoms with Crippen LogP contribution in [0.15, 0.2) is 0 Å². The molecule has 0 aromatic carbocycles. The summed E-state index contributed by atoms with van der Waals surface area (Å²) in [6.45, 7) is 13.2. The molecular formula is C12H25FN2. The molecule has 0 saturated carbocycles. The number of hydrogen-bond acceptors (Lipinski definition) is 2. The average molecular weight is 216 g/mol. The van der Waals surface area contributed by atoms with Gasteiger partial charge in [0.25, 0.3) is 0 Å². The summed E-state index contributed by atoms with van der Waals surface area (Å²) in [5.74, 6) is 0. The quantitative estimate of drug-likeness (QED) is 0.698. The smallest absolute Gasteiger partial charge is 0.110 e. The molecule has 1 fully saturated rings. The average Bonchev–Trinajstić information content (AvgIpc) is 2.27. The molecule has 1 atom stereocenters. The maximum Gasteiger partial charge on any atom is 0.110 e. The number of halogens is 1. The first kappa shape index (κ1) is 12.9. The van der Waals surface area contributed by atoms with Crippen LogP contribution in [0.25, 0.3) is 0 Å². The highest BCUT2D eigenvalue weighted by Crippen LogP contribution is 2.16. The SMILES string of the molecule is CC(F)CN1CCCN(C(C)(C)C)CC1. The molecule has 3 heteroatoms. The molecule has 2 nitrogen and oxygen atoms in total. The van der Waals surface area contributed by atoms with Gasteiger partial charge in [0.2, 0.25) is 0 Å². The highest BCUT2D eigenvalue weighted by molar-refractivity contribution is 4.80. The molecule has 1 aliphatic rings. The first-order chi connectivity index (χ1) is 6.89. The molecule has 0 radical (unpaired) electrons. The Hall–Kier alpha value is -0.150. The Morgan fingerprint density at radius 2 is 1.80 bits per heavy atom. The van der Waals surface area contributed by atoms with E-state index < -0.39 is 6.17 Å². The highest BCUT2D eigenvalue weighted by Gasteiger charge is 2.24. The standard InChI is InChI=1S/C12H25FN2/c1-11(13)10-14-6-5-7-15(9-8-14)12(2,3)4/h11H,5-10H2,1-4H3. The van der Waals surface area contributed by atoms with Crippen LogP contribution in [0.4, 0.5) is 4.39 Å². The van der Waals surface area contributed by atoms with Gasteiger partial charge in [-0.25, -0.2) is 4.39 Å². The van der Waals surface area contributed by atoms with Gasteiger partial charge in [0.05, 0.1) is 0 Å². The third-order valence-electron chi connectivity index (χ3n) is 3.05. The van der Waals surface area contributed by atoms with Gasteiger partial charge in [-0.2, -0.15) is 0 Å². The van der Waals surface area contributed by atoms with Gasteiger partial charge in [0.1, 0.15) is 6.17 Å². The Balaban J connectivity index is 2.42. The fraction of sp³-hybridized carbons (Fsp3) is 1.00. The van der Waals surface area contributed by atoms with Crippen LogP contribution < -0.4 is 0 Å². The Morgan fingerprint density at radius 1 is 1.13 bits per heavy atom. The predicted octanol–water partition coefficient (Wildman–Crippen LogP) is 2.15. The number of hydrogen-bond donors (Lipinski definition) is 0. The minimum Gasteiger partial charge on any atom is -0.299 e. The molecule has 0 spiro atoms. The molecule has 90 valence electrons. The second-order valence-electron chi connectivity index (χ2n) is 5.59. The monoisotopic (exact) mass is 216 g/mol. The van der Waals surface area contributed by atoms with E-state index in [4.69, 9.17) is 0 Å². The number of alkyl halides is 1. The Morgan fingerprint density at radius 3 is 2.33 bits per heavy atom. The van der Waals surface area contributed by atoms with Crippen molar-refractivity contribution in [2.75, 3.05) is 32.7 Å². The molecule has 1 aliphatic heterocycles. The maximum atomic E-state index is 12.9. The molecule has 1 saturated heterocycles. The van der Waals surface area contributed by atoms with Crippen molar-refractivity contribution >= 4 is 0 Å². The zero-order chi connectivity index (χ0) is 11.5. The zero-order valence-electron chi connectivity index (χ0n) is 10.6. The lowest BCUT2D eigenvalue weighted by Gasteiger charge is -2.34. The van der Waals surface area contributed by atoms with E-state index in [9.17, 15) is 4.39 Å². The summed E-state index contributed by atoms with van der Waals surface area (Å²) in [7, 11) is 0. The lowest BCUT2D eigenvalue weighted by molar-refractivity contribution is 0.137. The molecule has 1 rings (SSSR count). The van der Waals surface area contributed by atoms with Crippen LogP contribution in [-0.4, -0.2) is 54.2 Å². The van der Waals surface area contributed by atoms with Crippen molar-refractivity contribution in [1.29, 1.82) is 0 Å². The molecule has 0 aromatic heterocycles. The molecule has 1 unspecified atom stereocenters. The van der Waals surface area contributed by atoms with Gasteiger partial charge >= 0.3 is 0 Å². The van der Waals surface area contributed by atoms with Crippen LogP contribution >= 0.6 is 0 Å². The van der Waals surface area contributed by atoms with Crippen LogP contribution in [0.2, 0.25) is 0 Å². The van der Waals surface area contributed by atoms with Crippen molar-refractivity contribution in [1.82, 2.24) is 9.80 Å². The van der Waals surface area contributed by atoms with E-state index >= 15 is 0 Å². The largest absolute Gasteiger partial charge is 0.299 e. The zero-order valence-corrected chi connectivity index (χ0v) is 10.6. The summed E-state index contributed by atoms with van der Waals surface area (Å²) in [5.41, 5.74) is 0.247. The van der Waals surface area contributed by atoms with E-state index in [0.717, 1.165) is 32.6 Å². The minimum absolute atomic E-state index is 0.247. The minimum atomic E-state index is -0.703. The Bertz CT molecular complexity index is 187. The van der Waals surface area contributed by atoms with E-state index in [1.165, 1.54) is 0 Å². The maximum absolute atomic E-state index is 12.9. The van der Waals surface area contributed by atoms with Crippen LogP contribution in [-0.2, 0) is 0 Å². The van der Waals surface area contributed by atoms with Crippen LogP contribution in [0.1, 0.15) is 34.1 Å². The topological polar surface area (TPSA) is 6.48 Å².